The Bertz CT molecular complexity index is 1110. The van der Waals surface area contributed by atoms with Crippen LogP contribution in [0.4, 0.5) is 11.4 Å². The Morgan fingerprint density at radius 3 is 2.71 bits per heavy atom. The highest BCUT2D eigenvalue weighted by Crippen LogP contribution is 2.46. The lowest BCUT2D eigenvalue weighted by Crippen LogP contribution is -2.48. The Kier molecular flexibility index (Phi) is 7.88. The van der Waals surface area contributed by atoms with Crippen LogP contribution in [0.3, 0.4) is 0 Å². The van der Waals surface area contributed by atoms with Crippen molar-refractivity contribution in [1.29, 1.82) is 5.26 Å². The number of nitrogens with one attached hydrogen (secondary N) is 1. The minimum absolute atomic E-state index is 0.00858. The maximum atomic E-state index is 12.9. The van der Waals surface area contributed by atoms with Gasteiger partial charge in [-0.2, -0.15) is 5.26 Å². The molecule has 1 atom stereocenters. The predicted molar refractivity (Wildman–Crippen MR) is 138 cm³/mol. The van der Waals surface area contributed by atoms with E-state index in [2.05, 4.69) is 44.0 Å². The molecule has 34 heavy (non-hydrogen) atoms. The van der Waals surface area contributed by atoms with E-state index in [1.165, 1.54) is 5.56 Å². The molecule has 1 amide bonds. The molecule has 0 saturated heterocycles. The molecular formula is C28H35N3O3. The molecule has 1 N–H and O–H groups in total. The lowest BCUT2D eigenvalue weighted by Gasteiger charge is -2.47. The second kappa shape index (κ2) is 10.6. The SMILES string of the molecule is CCCN1c2cc(OC)c(/C=C(\C#N)C(=O)Nc3cccc(OCC)c3)cc2C(C)CC1(C)C. The quantitative estimate of drug-likeness (QED) is 0.377. The van der Waals surface area contributed by atoms with Gasteiger partial charge in [0.05, 0.1) is 13.7 Å². The maximum Gasteiger partial charge on any atom is 0.266 e. The van der Waals surface area contributed by atoms with Gasteiger partial charge in [0.2, 0.25) is 0 Å². The van der Waals surface area contributed by atoms with Crippen molar-refractivity contribution >= 4 is 23.4 Å². The normalized spacial score (nSPS) is 16.9. The minimum atomic E-state index is -0.474. The van der Waals surface area contributed by atoms with Gasteiger partial charge in [-0.1, -0.05) is 19.9 Å². The molecule has 0 radical (unpaired) electrons. The Labute approximate surface area is 203 Å². The van der Waals surface area contributed by atoms with Crippen molar-refractivity contribution in [3.63, 3.8) is 0 Å². The van der Waals surface area contributed by atoms with Gasteiger partial charge in [0, 0.05) is 41.2 Å². The zero-order valence-corrected chi connectivity index (χ0v) is 21.1. The van der Waals surface area contributed by atoms with E-state index in [4.69, 9.17) is 9.47 Å². The highest BCUT2D eigenvalue weighted by atomic mass is 16.5. The van der Waals surface area contributed by atoms with E-state index in [1.54, 1.807) is 31.4 Å². The smallest absolute Gasteiger partial charge is 0.266 e. The van der Waals surface area contributed by atoms with Gasteiger partial charge in [0.1, 0.15) is 23.1 Å². The average molecular weight is 462 g/mol. The average Bonchev–Trinajstić information content (AvgIpc) is 2.80. The summed E-state index contributed by atoms with van der Waals surface area (Å²) in [6.07, 6.45) is 3.68. The lowest BCUT2D eigenvalue weighted by molar-refractivity contribution is -0.112. The number of nitriles is 1. The van der Waals surface area contributed by atoms with Gasteiger partial charge in [-0.15, -0.1) is 0 Å². The van der Waals surface area contributed by atoms with Gasteiger partial charge >= 0.3 is 0 Å². The van der Waals surface area contributed by atoms with Crippen LogP contribution in [0.1, 0.15) is 64.5 Å². The first-order valence-electron chi connectivity index (χ1n) is 11.9. The highest BCUT2D eigenvalue weighted by molar-refractivity contribution is 6.10. The largest absolute Gasteiger partial charge is 0.496 e. The number of carbonyl (C=O) groups is 1. The standard InChI is InChI=1S/C28H35N3O3/c1-7-12-31-25-16-26(33-6)20(14-24(25)19(3)17-28(31,4)5)13-21(18-29)27(32)30-22-10-9-11-23(15-22)34-8-2/h9-11,13-16,19H,7-8,12,17H2,1-6H3,(H,30,32)/b21-13+. The van der Waals surface area contributed by atoms with Crippen LogP contribution in [0, 0.1) is 11.3 Å². The van der Waals surface area contributed by atoms with Crippen molar-refractivity contribution in [2.75, 3.05) is 30.5 Å². The summed E-state index contributed by atoms with van der Waals surface area (Å²) in [4.78, 5) is 15.3. The molecule has 2 aromatic rings. The number of hydrogen-bond donors (Lipinski definition) is 1. The van der Waals surface area contributed by atoms with Crippen LogP contribution in [-0.2, 0) is 4.79 Å². The number of amides is 1. The van der Waals surface area contributed by atoms with Gasteiger partial charge < -0.3 is 19.7 Å². The van der Waals surface area contributed by atoms with Gasteiger partial charge in [-0.3, -0.25) is 4.79 Å². The lowest BCUT2D eigenvalue weighted by atomic mass is 9.79. The molecule has 0 bridgehead atoms. The fourth-order valence-corrected chi connectivity index (χ4v) is 4.80. The molecule has 3 rings (SSSR count). The van der Waals surface area contributed by atoms with Gasteiger partial charge in [0.25, 0.3) is 5.91 Å². The molecule has 1 heterocycles. The van der Waals surface area contributed by atoms with Crippen molar-refractivity contribution < 1.29 is 14.3 Å². The summed E-state index contributed by atoms with van der Waals surface area (Å²) in [5.74, 6) is 1.17. The first-order valence-corrected chi connectivity index (χ1v) is 11.9. The summed E-state index contributed by atoms with van der Waals surface area (Å²) in [6.45, 7) is 12.4. The van der Waals surface area contributed by atoms with Crippen LogP contribution >= 0.6 is 0 Å². The summed E-state index contributed by atoms with van der Waals surface area (Å²) < 4.78 is 11.2. The molecule has 2 aromatic carbocycles. The van der Waals surface area contributed by atoms with Crippen molar-refractivity contribution in [2.24, 2.45) is 0 Å². The molecule has 1 aliphatic rings. The third-order valence-corrected chi connectivity index (χ3v) is 6.25. The maximum absolute atomic E-state index is 12.9. The van der Waals surface area contributed by atoms with Gasteiger partial charge in [0.15, 0.2) is 0 Å². The number of hydrogen-bond acceptors (Lipinski definition) is 5. The Morgan fingerprint density at radius 2 is 2.06 bits per heavy atom. The van der Waals surface area contributed by atoms with E-state index in [-0.39, 0.29) is 11.1 Å². The Hall–Kier alpha value is -3.46. The zero-order chi connectivity index (χ0) is 24.9. The van der Waals surface area contributed by atoms with Crippen LogP contribution in [0.15, 0.2) is 42.0 Å². The van der Waals surface area contributed by atoms with Gasteiger partial charge in [-0.05, 0) is 69.4 Å². The third-order valence-electron chi connectivity index (χ3n) is 6.25. The minimum Gasteiger partial charge on any atom is -0.496 e. The van der Waals surface area contributed by atoms with E-state index in [9.17, 15) is 10.1 Å². The number of fused-ring (bicyclic) bond motifs is 1. The first-order chi connectivity index (χ1) is 16.2. The first kappa shape index (κ1) is 25.2. The van der Waals surface area contributed by atoms with Gasteiger partial charge in [-0.25, -0.2) is 0 Å². The summed E-state index contributed by atoms with van der Waals surface area (Å²) in [7, 11) is 1.62. The number of anilines is 2. The van der Waals surface area contributed by atoms with Crippen molar-refractivity contribution in [3.8, 4) is 17.6 Å². The molecule has 0 aliphatic carbocycles. The molecule has 1 aliphatic heterocycles. The topological polar surface area (TPSA) is 74.6 Å². The monoisotopic (exact) mass is 461 g/mol. The summed E-state index contributed by atoms with van der Waals surface area (Å²) in [5, 5.41) is 12.6. The van der Waals surface area contributed by atoms with E-state index in [0.717, 1.165) is 30.6 Å². The second-order valence-electron chi connectivity index (χ2n) is 9.31. The number of methoxy groups -OCH3 is 1. The van der Waals surface area contributed by atoms with E-state index in [1.807, 2.05) is 25.1 Å². The Morgan fingerprint density at radius 1 is 1.29 bits per heavy atom. The predicted octanol–water partition coefficient (Wildman–Crippen LogP) is 6.14. The molecule has 1 unspecified atom stereocenters. The number of carbonyl (C=O) groups excluding carboxylic acids is 1. The number of ether oxygens (including phenoxy) is 2. The van der Waals surface area contributed by atoms with Crippen LogP contribution in [0.5, 0.6) is 11.5 Å². The van der Waals surface area contributed by atoms with Crippen LogP contribution < -0.4 is 19.7 Å². The fraction of sp³-hybridized carbons (Fsp3) is 0.429. The van der Waals surface area contributed by atoms with Crippen LogP contribution in [0.25, 0.3) is 6.08 Å². The highest BCUT2D eigenvalue weighted by Gasteiger charge is 2.36. The molecule has 0 fully saturated rings. The summed E-state index contributed by atoms with van der Waals surface area (Å²) in [5.41, 5.74) is 3.71. The number of benzene rings is 2. The van der Waals surface area contributed by atoms with E-state index in [0.29, 0.717) is 29.7 Å². The molecule has 6 heteroatoms. The van der Waals surface area contributed by atoms with Crippen molar-refractivity contribution in [2.45, 2.75) is 58.9 Å². The van der Waals surface area contributed by atoms with Crippen LogP contribution in [-0.4, -0.2) is 31.7 Å². The molecule has 0 saturated carbocycles. The number of nitrogens with zero attached hydrogens (tertiary/aromatic N) is 2. The van der Waals surface area contributed by atoms with E-state index < -0.39 is 5.91 Å². The summed E-state index contributed by atoms with van der Waals surface area (Å²) in [6, 6.07) is 13.3. The van der Waals surface area contributed by atoms with Crippen LogP contribution in [0.2, 0.25) is 0 Å². The third kappa shape index (κ3) is 5.36. The summed E-state index contributed by atoms with van der Waals surface area (Å²) >= 11 is 0. The number of rotatable bonds is 8. The zero-order valence-electron chi connectivity index (χ0n) is 21.1. The second-order valence-corrected chi connectivity index (χ2v) is 9.31. The molecular weight excluding hydrogens is 426 g/mol. The molecule has 0 aromatic heterocycles. The molecule has 6 nitrogen and oxygen atoms in total. The fourth-order valence-electron chi connectivity index (χ4n) is 4.80. The van der Waals surface area contributed by atoms with Crippen molar-refractivity contribution in [3.05, 3.63) is 53.1 Å². The molecule has 0 spiro atoms. The Balaban J connectivity index is 1.97. The van der Waals surface area contributed by atoms with E-state index >= 15 is 0 Å². The molecule has 180 valence electrons. The van der Waals surface area contributed by atoms with Crippen molar-refractivity contribution in [1.82, 2.24) is 0 Å².